The Morgan fingerprint density at radius 3 is 2.10 bits per heavy atom. The van der Waals surface area contributed by atoms with Crippen LogP contribution in [0.3, 0.4) is 0 Å². The Morgan fingerprint density at radius 1 is 1.05 bits per heavy atom. The molecule has 0 aliphatic carbocycles. The summed E-state index contributed by atoms with van der Waals surface area (Å²) in [4.78, 5) is 24.1. The highest BCUT2D eigenvalue weighted by atomic mass is 32.1. The smallest absolute Gasteiger partial charge is 0.258 e. The standard InChI is InChI=1S/C14H15NO4S/c16-11(7-8-20)14(19)9-1-3-10(4-2-9)15-12(17)5-6-13(15)18/h1-6,11,14,16,19-20H,7-8H2. The molecule has 1 aromatic rings. The van der Waals surface area contributed by atoms with Crippen LogP contribution in [-0.2, 0) is 9.59 Å². The summed E-state index contributed by atoms with van der Waals surface area (Å²) < 4.78 is 0. The maximum absolute atomic E-state index is 11.5. The quantitative estimate of drug-likeness (QED) is 0.555. The zero-order chi connectivity index (χ0) is 14.7. The van der Waals surface area contributed by atoms with Gasteiger partial charge in [-0.05, 0) is 29.9 Å². The lowest BCUT2D eigenvalue weighted by atomic mass is 10.0. The van der Waals surface area contributed by atoms with Gasteiger partial charge in [0.1, 0.15) is 6.10 Å². The zero-order valence-electron chi connectivity index (χ0n) is 10.6. The predicted molar refractivity (Wildman–Crippen MR) is 77.5 cm³/mol. The minimum Gasteiger partial charge on any atom is -0.390 e. The topological polar surface area (TPSA) is 77.8 Å². The van der Waals surface area contributed by atoms with Gasteiger partial charge in [-0.25, -0.2) is 4.90 Å². The van der Waals surface area contributed by atoms with Crippen molar-refractivity contribution >= 4 is 30.1 Å². The van der Waals surface area contributed by atoms with Crippen LogP contribution in [0.15, 0.2) is 36.4 Å². The largest absolute Gasteiger partial charge is 0.390 e. The summed E-state index contributed by atoms with van der Waals surface area (Å²) >= 11 is 4.00. The van der Waals surface area contributed by atoms with E-state index in [4.69, 9.17) is 0 Å². The second-order valence-electron chi connectivity index (χ2n) is 4.46. The molecule has 5 nitrogen and oxygen atoms in total. The van der Waals surface area contributed by atoms with Crippen LogP contribution in [0.1, 0.15) is 18.1 Å². The van der Waals surface area contributed by atoms with Gasteiger partial charge in [0.2, 0.25) is 0 Å². The highest BCUT2D eigenvalue weighted by molar-refractivity contribution is 7.80. The first-order valence-corrected chi connectivity index (χ1v) is 6.81. The number of carbonyl (C=O) groups excluding carboxylic acids is 2. The van der Waals surface area contributed by atoms with Crippen LogP contribution in [0.2, 0.25) is 0 Å². The van der Waals surface area contributed by atoms with Gasteiger partial charge in [0.25, 0.3) is 11.8 Å². The average Bonchev–Trinajstić information content (AvgIpc) is 2.78. The molecule has 1 heterocycles. The Balaban J connectivity index is 2.14. The number of hydrogen-bond acceptors (Lipinski definition) is 5. The van der Waals surface area contributed by atoms with Crippen molar-refractivity contribution < 1.29 is 19.8 Å². The summed E-state index contributed by atoms with van der Waals surface area (Å²) in [6.45, 7) is 0. The van der Waals surface area contributed by atoms with Gasteiger partial charge in [-0.2, -0.15) is 12.6 Å². The van der Waals surface area contributed by atoms with E-state index in [1.165, 1.54) is 12.2 Å². The van der Waals surface area contributed by atoms with Crippen molar-refractivity contribution in [2.75, 3.05) is 10.7 Å². The Bertz CT molecular complexity index is 523. The van der Waals surface area contributed by atoms with E-state index in [1.807, 2.05) is 0 Å². The zero-order valence-corrected chi connectivity index (χ0v) is 11.5. The molecular weight excluding hydrogens is 278 g/mol. The number of aliphatic hydroxyl groups is 2. The lowest BCUT2D eigenvalue weighted by molar-refractivity contribution is -0.119. The molecule has 0 spiro atoms. The molecule has 0 fully saturated rings. The number of carbonyl (C=O) groups is 2. The lowest BCUT2D eigenvalue weighted by Gasteiger charge is -2.19. The van der Waals surface area contributed by atoms with Gasteiger partial charge >= 0.3 is 0 Å². The summed E-state index contributed by atoms with van der Waals surface area (Å²) in [6, 6.07) is 6.30. The SMILES string of the molecule is O=C1C=CC(=O)N1c1ccc(C(O)C(O)CCS)cc1. The number of anilines is 1. The maximum Gasteiger partial charge on any atom is 0.258 e. The first-order valence-electron chi connectivity index (χ1n) is 6.17. The molecular formula is C14H15NO4S. The monoisotopic (exact) mass is 293 g/mol. The highest BCUT2D eigenvalue weighted by Crippen LogP contribution is 2.24. The normalized spacial score (nSPS) is 17.6. The van der Waals surface area contributed by atoms with Crippen LogP contribution in [-0.4, -0.2) is 33.9 Å². The summed E-state index contributed by atoms with van der Waals surface area (Å²) in [6.07, 6.45) is 0.886. The number of rotatable bonds is 5. The minimum absolute atomic E-state index is 0.374. The molecule has 2 unspecified atom stereocenters. The van der Waals surface area contributed by atoms with Crippen molar-refractivity contribution in [3.63, 3.8) is 0 Å². The molecule has 2 N–H and O–H groups in total. The number of benzene rings is 1. The van der Waals surface area contributed by atoms with Crippen LogP contribution in [0.4, 0.5) is 5.69 Å². The van der Waals surface area contributed by atoms with Gasteiger partial charge in [0, 0.05) is 12.2 Å². The Hall–Kier alpha value is -1.63. The molecule has 0 radical (unpaired) electrons. The molecule has 0 saturated carbocycles. The van der Waals surface area contributed by atoms with E-state index < -0.39 is 24.0 Å². The van der Waals surface area contributed by atoms with E-state index in [9.17, 15) is 19.8 Å². The van der Waals surface area contributed by atoms with Gasteiger partial charge in [-0.3, -0.25) is 9.59 Å². The molecule has 1 aromatic carbocycles. The third-order valence-corrected chi connectivity index (χ3v) is 3.35. The maximum atomic E-state index is 11.5. The molecule has 20 heavy (non-hydrogen) atoms. The Kier molecular flexibility index (Phi) is 4.59. The van der Waals surface area contributed by atoms with Crippen LogP contribution in [0, 0.1) is 0 Å². The minimum atomic E-state index is -1.01. The molecule has 0 saturated heterocycles. The molecule has 2 atom stereocenters. The summed E-state index contributed by atoms with van der Waals surface area (Å²) in [7, 11) is 0. The molecule has 106 valence electrons. The van der Waals surface area contributed by atoms with E-state index in [0.717, 1.165) is 4.90 Å². The second-order valence-corrected chi connectivity index (χ2v) is 4.91. The molecule has 1 aliphatic heterocycles. The first kappa shape index (κ1) is 14.8. The van der Waals surface area contributed by atoms with Gasteiger partial charge in [0.15, 0.2) is 0 Å². The van der Waals surface area contributed by atoms with Crippen molar-refractivity contribution in [2.45, 2.75) is 18.6 Å². The van der Waals surface area contributed by atoms with Crippen LogP contribution in [0.5, 0.6) is 0 Å². The van der Waals surface area contributed by atoms with Gasteiger partial charge in [0.05, 0.1) is 11.8 Å². The molecule has 0 bridgehead atoms. The van der Waals surface area contributed by atoms with E-state index in [2.05, 4.69) is 12.6 Å². The lowest BCUT2D eigenvalue weighted by Crippen LogP contribution is -2.29. The molecule has 2 amide bonds. The van der Waals surface area contributed by atoms with E-state index in [-0.39, 0.29) is 0 Å². The van der Waals surface area contributed by atoms with Crippen LogP contribution >= 0.6 is 12.6 Å². The number of hydrogen-bond donors (Lipinski definition) is 3. The average molecular weight is 293 g/mol. The van der Waals surface area contributed by atoms with Gasteiger partial charge in [-0.1, -0.05) is 12.1 Å². The van der Waals surface area contributed by atoms with Gasteiger partial charge in [-0.15, -0.1) is 0 Å². The first-order chi connectivity index (χ1) is 9.54. The van der Waals surface area contributed by atoms with E-state index in [1.54, 1.807) is 24.3 Å². The fraction of sp³-hybridized carbons (Fsp3) is 0.286. The van der Waals surface area contributed by atoms with E-state index in [0.29, 0.717) is 23.4 Å². The van der Waals surface area contributed by atoms with Crippen molar-refractivity contribution in [3.8, 4) is 0 Å². The van der Waals surface area contributed by atoms with E-state index >= 15 is 0 Å². The van der Waals surface area contributed by atoms with Crippen molar-refractivity contribution in [3.05, 3.63) is 42.0 Å². The summed E-state index contributed by atoms with van der Waals surface area (Å²) in [5.41, 5.74) is 0.958. The fourth-order valence-electron chi connectivity index (χ4n) is 1.99. The predicted octanol–water partition coefficient (Wildman–Crippen LogP) is 0.830. The molecule has 1 aliphatic rings. The van der Waals surface area contributed by atoms with Crippen molar-refractivity contribution in [1.29, 1.82) is 0 Å². The Labute approximate surface area is 121 Å². The highest BCUT2D eigenvalue weighted by Gasteiger charge is 2.25. The van der Waals surface area contributed by atoms with Crippen molar-refractivity contribution in [2.24, 2.45) is 0 Å². The van der Waals surface area contributed by atoms with Crippen LogP contribution in [0.25, 0.3) is 0 Å². The number of nitrogens with zero attached hydrogens (tertiary/aromatic N) is 1. The number of thiol groups is 1. The fourth-order valence-corrected chi connectivity index (χ4v) is 2.25. The number of aliphatic hydroxyl groups excluding tert-OH is 2. The number of amides is 2. The molecule has 0 aromatic heterocycles. The van der Waals surface area contributed by atoms with Gasteiger partial charge < -0.3 is 10.2 Å². The Morgan fingerprint density at radius 2 is 1.60 bits per heavy atom. The molecule has 2 rings (SSSR count). The van der Waals surface area contributed by atoms with Crippen LogP contribution < -0.4 is 4.90 Å². The summed E-state index contributed by atoms with van der Waals surface area (Å²) in [5, 5.41) is 19.6. The third-order valence-electron chi connectivity index (χ3n) is 3.09. The second kappa shape index (κ2) is 6.21. The van der Waals surface area contributed by atoms with Crippen molar-refractivity contribution in [1.82, 2.24) is 0 Å². The third kappa shape index (κ3) is 2.92. The summed E-state index contributed by atoms with van der Waals surface area (Å²) in [5.74, 6) is -0.310. The number of imide groups is 1. The molecule has 6 heteroatoms.